The van der Waals surface area contributed by atoms with Gasteiger partial charge in [0.1, 0.15) is 0 Å². The highest BCUT2D eigenvalue weighted by Gasteiger charge is 2.23. The van der Waals surface area contributed by atoms with Gasteiger partial charge in [0.25, 0.3) is 0 Å². The summed E-state index contributed by atoms with van der Waals surface area (Å²) in [6.45, 7) is 8.95. The molecule has 1 amide bonds. The van der Waals surface area contributed by atoms with Crippen molar-refractivity contribution in [1.82, 2.24) is 10.2 Å². The Morgan fingerprint density at radius 2 is 1.80 bits per heavy atom. The van der Waals surface area contributed by atoms with E-state index in [-0.39, 0.29) is 5.91 Å². The van der Waals surface area contributed by atoms with Crippen LogP contribution in [0.2, 0.25) is 0 Å². The van der Waals surface area contributed by atoms with Crippen LogP contribution in [0.4, 0.5) is 0 Å². The number of carbonyl (C=O) groups excluding carboxylic acids is 1. The fraction of sp³-hybridized carbons (Fsp3) is 0.588. The lowest BCUT2D eigenvalue weighted by Gasteiger charge is -2.34. The second kappa shape index (κ2) is 9.54. The van der Waals surface area contributed by atoms with Gasteiger partial charge < -0.3 is 10.2 Å². The number of carbonyl (C=O) groups is 1. The molecule has 0 aliphatic carbocycles. The first kappa shape index (κ1) is 16.7. The van der Waals surface area contributed by atoms with Gasteiger partial charge in [0, 0.05) is 12.6 Å². The van der Waals surface area contributed by atoms with Crippen molar-refractivity contribution in [1.29, 1.82) is 0 Å². The fourth-order valence-electron chi connectivity index (χ4n) is 2.63. The molecule has 0 spiro atoms. The zero-order valence-electron chi connectivity index (χ0n) is 13.1. The molecule has 0 unspecified atom stereocenters. The minimum Gasteiger partial charge on any atom is -0.340 e. The van der Waals surface area contributed by atoms with E-state index in [2.05, 4.69) is 12.2 Å². The summed E-state index contributed by atoms with van der Waals surface area (Å²) in [4.78, 5) is 14.4. The molecule has 1 fully saturated rings. The number of piperidine rings is 1. The molecule has 1 aliphatic heterocycles. The zero-order chi connectivity index (χ0) is 14.8. The van der Waals surface area contributed by atoms with Gasteiger partial charge in [-0.25, -0.2) is 0 Å². The molecule has 0 aromatic heterocycles. The summed E-state index contributed by atoms with van der Waals surface area (Å²) < 4.78 is 0. The minimum atomic E-state index is 0.260. The van der Waals surface area contributed by atoms with Crippen LogP contribution in [0.3, 0.4) is 0 Å². The Morgan fingerprint density at radius 1 is 1.20 bits per heavy atom. The summed E-state index contributed by atoms with van der Waals surface area (Å²) in [6.07, 6.45) is 2.68. The van der Waals surface area contributed by atoms with Gasteiger partial charge in [0.05, 0.1) is 6.42 Å². The zero-order valence-corrected chi connectivity index (χ0v) is 13.1. The number of hydrogen-bond acceptors (Lipinski definition) is 2. The molecule has 20 heavy (non-hydrogen) atoms. The van der Waals surface area contributed by atoms with Gasteiger partial charge in [-0.05, 0) is 38.4 Å². The molecule has 1 aliphatic rings. The van der Waals surface area contributed by atoms with Gasteiger partial charge in [-0.1, -0.05) is 44.2 Å². The first-order chi connectivity index (χ1) is 9.81. The Labute approximate surface area is 123 Å². The maximum atomic E-state index is 12.3. The number of hydrogen-bond donors (Lipinski definition) is 1. The van der Waals surface area contributed by atoms with Crippen LogP contribution in [-0.4, -0.2) is 36.5 Å². The Hall–Kier alpha value is -1.35. The third-order valence-corrected chi connectivity index (χ3v) is 3.61. The van der Waals surface area contributed by atoms with Crippen LogP contribution in [0.5, 0.6) is 0 Å². The highest BCUT2D eigenvalue weighted by molar-refractivity contribution is 5.79. The van der Waals surface area contributed by atoms with E-state index in [4.69, 9.17) is 0 Å². The number of nitrogens with zero attached hydrogens (tertiary/aromatic N) is 1. The van der Waals surface area contributed by atoms with Crippen molar-refractivity contribution < 1.29 is 4.79 Å². The highest BCUT2D eigenvalue weighted by Crippen LogP contribution is 2.13. The molecule has 0 radical (unpaired) electrons. The van der Waals surface area contributed by atoms with E-state index in [0.717, 1.165) is 38.0 Å². The van der Waals surface area contributed by atoms with E-state index in [1.807, 2.05) is 49.1 Å². The van der Waals surface area contributed by atoms with E-state index in [1.165, 1.54) is 0 Å². The molecule has 3 nitrogen and oxygen atoms in total. The van der Waals surface area contributed by atoms with Crippen LogP contribution in [0, 0.1) is 0 Å². The maximum absolute atomic E-state index is 12.3. The largest absolute Gasteiger partial charge is 0.340 e. The molecule has 1 saturated heterocycles. The number of likely N-dealkylation sites (N-methyl/N-ethyl adjacent to an activating group) is 1. The van der Waals surface area contributed by atoms with Crippen LogP contribution in [-0.2, 0) is 11.2 Å². The standard InChI is InChI=1S/C15H22N2O.C2H6/c1-2-17(14-8-10-16-11-9-14)15(18)12-13-6-4-3-5-7-13;1-2/h3-7,14,16H,2,8-12H2,1H3;1-2H3. The molecular weight excluding hydrogens is 248 g/mol. The van der Waals surface area contributed by atoms with Crippen LogP contribution in [0.25, 0.3) is 0 Å². The van der Waals surface area contributed by atoms with Gasteiger partial charge in [-0.15, -0.1) is 0 Å². The summed E-state index contributed by atoms with van der Waals surface area (Å²) in [6, 6.07) is 10.4. The summed E-state index contributed by atoms with van der Waals surface area (Å²) in [5.74, 6) is 0.260. The second-order valence-corrected chi connectivity index (χ2v) is 4.82. The lowest BCUT2D eigenvalue weighted by Crippen LogP contribution is -2.46. The number of rotatable bonds is 4. The lowest BCUT2D eigenvalue weighted by molar-refractivity contribution is -0.133. The van der Waals surface area contributed by atoms with Crippen molar-refractivity contribution in [2.75, 3.05) is 19.6 Å². The fourth-order valence-corrected chi connectivity index (χ4v) is 2.63. The smallest absolute Gasteiger partial charge is 0.227 e. The Kier molecular flexibility index (Phi) is 7.97. The Balaban J connectivity index is 0.000000956. The third-order valence-electron chi connectivity index (χ3n) is 3.61. The quantitative estimate of drug-likeness (QED) is 0.917. The summed E-state index contributed by atoms with van der Waals surface area (Å²) >= 11 is 0. The number of amides is 1. The molecule has 2 rings (SSSR count). The van der Waals surface area contributed by atoms with Crippen LogP contribution >= 0.6 is 0 Å². The third kappa shape index (κ3) is 4.97. The molecular formula is C17H28N2O. The van der Waals surface area contributed by atoms with E-state index in [1.54, 1.807) is 0 Å². The Bertz CT molecular complexity index is 372. The van der Waals surface area contributed by atoms with Gasteiger partial charge >= 0.3 is 0 Å². The van der Waals surface area contributed by atoms with Crippen molar-refractivity contribution in [2.45, 2.75) is 46.1 Å². The van der Waals surface area contributed by atoms with Crippen LogP contribution < -0.4 is 5.32 Å². The first-order valence-electron chi connectivity index (χ1n) is 7.85. The summed E-state index contributed by atoms with van der Waals surface area (Å²) in [5, 5.41) is 3.34. The topological polar surface area (TPSA) is 32.3 Å². The summed E-state index contributed by atoms with van der Waals surface area (Å²) in [7, 11) is 0. The van der Waals surface area contributed by atoms with E-state index >= 15 is 0 Å². The van der Waals surface area contributed by atoms with Gasteiger partial charge in [0.15, 0.2) is 0 Å². The monoisotopic (exact) mass is 276 g/mol. The van der Waals surface area contributed by atoms with Crippen molar-refractivity contribution in [3.8, 4) is 0 Å². The first-order valence-corrected chi connectivity index (χ1v) is 7.85. The molecule has 1 aromatic carbocycles. The molecule has 0 bridgehead atoms. The Morgan fingerprint density at radius 3 is 2.35 bits per heavy atom. The van der Waals surface area contributed by atoms with Gasteiger partial charge in [0.2, 0.25) is 5.91 Å². The van der Waals surface area contributed by atoms with Crippen LogP contribution in [0.15, 0.2) is 30.3 Å². The van der Waals surface area contributed by atoms with E-state index in [0.29, 0.717) is 12.5 Å². The average molecular weight is 276 g/mol. The van der Waals surface area contributed by atoms with E-state index in [9.17, 15) is 4.79 Å². The number of nitrogens with one attached hydrogen (secondary N) is 1. The highest BCUT2D eigenvalue weighted by atomic mass is 16.2. The van der Waals surface area contributed by atoms with E-state index < -0.39 is 0 Å². The van der Waals surface area contributed by atoms with Crippen molar-refractivity contribution >= 4 is 5.91 Å². The lowest BCUT2D eigenvalue weighted by atomic mass is 10.0. The van der Waals surface area contributed by atoms with Crippen molar-refractivity contribution in [2.24, 2.45) is 0 Å². The minimum absolute atomic E-state index is 0.260. The summed E-state index contributed by atoms with van der Waals surface area (Å²) in [5.41, 5.74) is 1.11. The predicted molar refractivity (Wildman–Crippen MR) is 84.8 cm³/mol. The molecule has 1 aromatic rings. The average Bonchev–Trinajstić information content (AvgIpc) is 2.52. The second-order valence-electron chi connectivity index (χ2n) is 4.82. The molecule has 0 saturated carbocycles. The predicted octanol–water partition coefficient (Wildman–Crippen LogP) is 2.86. The molecule has 1 heterocycles. The molecule has 3 heteroatoms. The van der Waals surface area contributed by atoms with Crippen molar-refractivity contribution in [3.63, 3.8) is 0 Å². The van der Waals surface area contributed by atoms with Crippen molar-refractivity contribution in [3.05, 3.63) is 35.9 Å². The SMILES string of the molecule is CC.CCN(C(=O)Cc1ccccc1)C1CCNCC1. The molecule has 112 valence electrons. The molecule has 1 N–H and O–H groups in total. The molecule has 0 atom stereocenters. The van der Waals surface area contributed by atoms with Crippen LogP contribution in [0.1, 0.15) is 39.2 Å². The van der Waals surface area contributed by atoms with Gasteiger partial charge in [-0.2, -0.15) is 0 Å². The number of benzene rings is 1. The maximum Gasteiger partial charge on any atom is 0.227 e. The normalized spacial score (nSPS) is 15.2. The van der Waals surface area contributed by atoms with Gasteiger partial charge in [-0.3, -0.25) is 4.79 Å².